The molecule has 5 rings (SSSR count). The number of halogens is 1. The number of piperidine rings is 1. The highest BCUT2D eigenvalue weighted by Crippen LogP contribution is 2.25. The average Bonchev–Trinajstić information content (AvgIpc) is 3.07. The zero-order valence-corrected chi connectivity index (χ0v) is 16.1. The molecular formula is C21H21FN6O. The van der Waals surface area contributed by atoms with Crippen molar-refractivity contribution in [3.05, 3.63) is 59.0 Å². The van der Waals surface area contributed by atoms with Gasteiger partial charge < -0.3 is 4.90 Å². The molecule has 1 fully saturated rings. The molecule has 0 unspecified atom stereocenters. The first-order chi connectivity index (χ1) is 14.1. The molecule has 29 heavy (non-hydrogen) atoms. The third-order valence-corrected chi connectivity index (χ3v) is 5.74. The van der Waals surface area contributed by atoms with Gasteiger partial charge >= 0.3 is 0 Å². The van der Waals surface area contributed by atoms with E-state index in [4.69, 9.17) is 4.98 Å². The Morgan fingerprint density at radius 1 is 1.14 bits per heavy atom. The minimum atomic E-state index is -0.383. The molecule has 8 heteroatoms. The molecule has 0 spiro atoms. The lowest BCUT2D eigenvalue weighted by Crippen LogP contribution is -2.37. The highest BCUT2D eigenvalue weighted by atomic mass is 19.1. The second kappa shape index (κ2) is 6.95. The third kappa shape index (κ3) is 3.14. The number of hydrogen-bond acceptors (Lipinski definition) is 5. The van der Waals surface area contributed by atoms with Crippen LogP contribution < -0.4 is 10.5 Å². The molecule has 0 saturated carbocycles. The Hall–Kier alpha value is -3.29. The zero-order chi connectivity index (χ0) is 20.0. The standard InChI is InChI=1S/C21H21FN6O/c1-26-19-17(3-2-8-23-19)25-21(26)27-9-6-14(7-10-27)12-28-13-24-18-11-15(22)4-5-16(18)20(28)29/h2-5,8,11,13-14H,6-7,9-10,12H2,1H3. The Labute approximate surface area is 166 Å². The Morgan fingerprint density at radius 2 is 1.97 bits per heavy atom. The van der Waals surface area contributed by atoms with E-state index < -0.39 is 0 Å². The lowest BCUT2D eigenvalue weighted by atomic mass is 9.97. The summed E-state index contributed by atoms with van der Waals surface area (Å²) >= 11 is 0. The summed E-state index contributed by atoms with van der Waals surface area (Å²) in [5.41, 5.74) is 2.07. The lowest BCUT2D eigenvalue weighted by Gasteiger charge is -2.32. The largest absolute Gasteiger partial charge is 0.342 e. The number of hydrogen-bond donors (Lipinski definition) is 0. The Kier molecular flexibility index (Phi) is 4.26. The van der Waals surface area contributed by atoms with Gasteiger partial charge in [0.25, 0.3) is 5.56 Å². The zero-order valence-electron chi connectivity index (χ0n) is 16.1. The highest BCUT2D eigenvalue weighted by Gasteiger charge is 2.24. The maximum absolute atomic E-state index is 13.4. The fourth-order valence-corrected chi connectivity index (χ4v) is 4.15. The summed E-state index contributed by atoms with van der Waals surface area (Å²) in [7, 11) is 1.99. The van der Waals surface area contributed by atoms with Gasteiger partial charge in [-0.15, -0.1) is 0 Å². The van der Waals surface area contributed by atoms with Gasteiger partial charge in [0, 0.05) is 38.9 Å². The summed E-state index contributed by atoms with van der Waals surface area (Å²) < 4.78 is 17.0. The molecule has 0 radical (unpaired) electrons. The number of aryl methyl sites for hydroxylation is 1. The van der Waals surface area contributed by atoms with Crippen LogP contribution in [0.25, 0.3) is 22.1 Å². The predicted molar refractivity (Wildman–Crippen MR) is 109 cm³/mol. The van der Waals surface area contributed by atoms with Crippen molar-refractivity contribution in [2.24, 2.45) is 13.0 Å². The van der Waals surface area contributed by atoms with E-state index in [2.05, 4.69) is 14.9 Å². The molecule has 4 aromatic rings. The van der Waals surface area contributed by atoms with Crippen LogP contribution in [0.5, 0.6) is 0 Å². The van der Waals surface area contributed by atoms with Crippen LogP contribution in [-0.2, 0) is 13.6 Å². The average molecular weight is 392 g/mol. The van der Waals surface area contributed by atoms with Gasteiger partial charge in [-0.2, -0.15) is 0 Å². The molecule has 3 aromatic heterocycles. The predicted octanol–water partition coefficient (Wildman–Crippen LogP) is 2.73. The summed E-state index contributed by atoms with van der Waals surface area (Å²) in [6, 6.07) is 7.99. The van der Waals surface area contributed by atoms with E-state index in [0.717, 1.165) is 43.0 Å². The van der Waals surface area contributed by atoms with Gasteiger partial charge in [0.1, 0.15) is 11.3 Å². The maximum atomic E-state index is 13.4. The highest BCUT2D eigenvalue weighted by molar-refractivity contribution is 5.77. The first-order valence-electron chi connectivity index (χ1n) is 9.77. The molecule has 1 saturated heterocycles. The lowest BCUT2D eigenvalue weighted by molar-refractivity contribution is 0.349. The Bertz CT molecular complexity index is 1260. The number of fused-ring (bicyclic) bond motifs is 2. The van der Waals surface area contributed by atoms with Crippen molar-refractivity contribution in [2.45, 2.75) is 19.4 Å². The summed E-state index contributed by atoms with van der Waals surface area (Å²) in [5.74, 6) is 0.937. The topological polar surface area (TPSA) is 68.8 Å². The molecule has 0 atom stereocenters. The van der Waals surface area contributed by atoms with Gasteiger partial charge in [0.05, 0.1) is 17.2 Å². The second-order valence-corrected chi connectivity index (χ2v) is 7.61. The molecule has 1 aliphatic heterocycles. The second-order valence-electron chi connectivity index (χ2n) is 7.61. The van der Waals surface area contributed by atoms with Gasteiger partial charge in [-0.05, 0) is 43.0 Å². The van der Waals surface area contributed by atoms with E-state index in [1.807, 2.05) is 23.7 Å². The number of nitrogens with zero attached hydrogens (tertiary/aromatic N) is 6. The normalized spacial score (nSPS) is 15.4. The first-order valence-corrected chi connectivity index (χ1v) is 9.77. The van der Waals surface area contributed by atoms with E-state index in [1.165, 1.54) is 24.5 Å². The molecule has 0 amide bonds. The Balaban J connectivity index is 1.31. The number of pyridine rings is 1. The molecule has 0 aliphatic carbocycles. The number of rotatable bonds is 3. The number of anilines is 1. The van der Waals surface area contributed by atoms with Gasteiger partial charge in [0.2, 0.25) is 5.95 Å². The summed E-state index contributed by atoms with van der Waals surface area (Å²) in [6.07, 6.45) is 5.24. The fraction of sp³-hybridized carbons (Fsp3) is 0.333. The smallest absolute Gasteiger partial charge is 0.261 e. The van der Waals surface area contributed by atoms with Crippen molar-refractivity contribution in [1.29, 1.82) is 0 Å². The molecule has 0 bridgehead atoms. The molecule has 148 valence electrons. The van der Waals surface area contributed by atoms with Crippen LogP contribution in [-0.4, -0.2) is 37.2 Å². The van der Waals surface area contributed by atoms with Crippen LogP contribution in [0.2, 0.25) is 0 Å². The van der Waals surface area contributed by atoms with Crippen molar-refractivity contribution in [2.75, 3.05) is 18.0 Å². The van der Waals surface area contributed by atoms with Crippen molar-refractivity contribution >= 4 is 28.0 Å². The van der Waals surface area contributed by atoms with Crippen LogP contribution in [0.3, 0.4) is 0 Å². The third-order valence-electron chi connectivity index (χ3n) is 5.74. The molecular weight excluding hydrogens is 371 g/mol. The summed E-state index contributed by atoms with van der Waals surface area (Å²) in [6.45, 7) is 2.38. The van der Waals surface area contributed by atoms with Crippen LogP contribution in [0.1, 0.15) is 12.8 Å². The van der Waals surface area contributed by atoms with E-state index in [0.29, 0.717) is 23.4 Å². The van der Waals surface area contributed by atoms with Crippen molar-refractivity contribution in [3.63, 3.8) is 0 Å². The van der Waals surface area contributed by atoms with Crippen LogP contribution in [0.4, 0.5) is 10.3 Å². The van der Waals surface area contributed by atoms with Gasteiger partial charge in [0.15, 0.2) is 5.65 Å². The van der Waals surface area contributed by atoms with E-state index in [-0.39, 0.29) is 11.4 Å². The van der Waals surface area contributed by atoms with Crippen LogP contribution in [0.15, 0.2) is 47.7 Å². The quantitative estimate of drug-likeness (QED) is 0.536. The number of imidazole rings is 1. The van der Waals surface area contributed by atoms with Crippen LogP contribution >= 0.6 is 0 Å². The van der Waals surface area contributed by atoms with Gasteiger partial charge in [-0.25, -0.2) is 19.3 Å². The molecule has 0 N–H and O–H groups in total. The fourth-order valence-electron chi connectivity index (χ4n) is 4.15. The minimum absolute atomic E-state index is 0.112. The summed E-state index contributed by atoms with van der Waals surface area (Å²) in [5, 5.41) is 0.457. The molecule has 4 heterocycles. The van der Waals surface area contributed by atoms with Gasteiger partial charge in [-0.3, -0.25) is 13.9 Å². The first kappa shape index (κ1) is 17.8. The van der Waals surface area contributed by atoms with Crippen molar-refractivity contribution < 1.29 is 4.39 Å². The maximum Gasteiger partial charge on any atom is 0.261 e. The van der Waals surface area contributed by atoms with Crippen molar-refractivity contribution in [3.8, 4) is 0 Å². The number of benzene rings is 1. The van der Waals surface area contributed by atoms with E-state index in [1.54, 1.807) is 10.8 Å². The van der Waals surface area contributed by atoms with E-state index in [9.17, 15) is 9.18 Å². The SMILES string of the molecule is Cn1c(N2CCC(Cn3cnc4cc(F)ccc4c3=O)CC2)nc2cccnc21. The van der Waals surface area contributed by atoms with E-state index >= 15 is 0 Å². The van der Waals surface area contributed by atoms with Crippen LogP contribution in [0, 0.1) is 11.7 Å². The molecule has 1 aromatic carbocycles. The van der Waals surface area contributed by atoms with Crippen molar-refractivity contribution in [1.82, 2.24) is 24.1 Å². The van der Waals surface area contributed by atoms with Gasteiger partial charge in [-0.1, -0.05) is 0 Å². The Morgan fingerprint density at radius 3 is 2.76 bits per heavy atom. The number of aromatic nitrogens is 5. The molecule has 1 aliphatic rings. The minimum Gasteiger partial charge on any atom is -0.342 e. The summed E-state index contributed by atoms with van der Waals surface area (Å²) in [4.78, 5) is 28.4. The monoisotopic (exact) mass is 392 g/mol. The molecule has 7 nitrogen and oxygen atoms in total.